The molecule has 24 heavy (non-hydrogen) atoms. The van der Waals surface area contributed by atoms with Crippen LogP contribution in [0.5, 0.6) is 11.5 Å². The molecule has 126 valence electrons. The molecule has 6 nitrogen and oxygen atoms in total. The van der Waals surface area contributed by atoms with Gasteiger partial charge in [-0.15, -0.1) is 0 Å². The summed E-state index contributed by atoms with van der Waals surface area (Å²) in [6.45, 7) is 5.77. The fourth-order valence-corrected chi connectivity index (χ4v) is 2.09. The smallest absolute Gasteiger partial charge is 0.349 e. The van der Waals surface area contributed by atoms with Crippen molar-refractivity contribution in [2.24, 2.45) is 0 Å². The maximum Gasteiger partial charge on any atom is 0.349 e. The molecule has 0 spiro atoms. The van der Waals surface area contributed by atoms with E-state index in [1.54, 1.807) is 0 Å². The van der Waals surface area contributed by atoms with Crippen LogP contribution in [-0.2, 0) is 4.79 Å². The number of rotatable bonds is 6. The largest absolute Gasteiger partial charge is 0.482 e. The van der Waals surface area contributed by atoms with Crippen molar-refractivity contribution < 1.29 is 19.2 Å². The van der Waals surface area contributed by atoms with Gasteiger partial charge in [-0.25, -0.2) is 4.79 Å². The lowest BCUT2D eigenvalue weighted by Crippen LogP contribution is -2.18. The van der Waals surface area contributed by atoms with E-state index >= 15 is 0 Å². The van der Waals surface area contributed by atoms with E-state index in [9.17, 15) is 14.9 Å². The zero-order valence-corrected chi connectivity index (χ0v) is 13.8. The molecule has 0 bridgehead atoms. The minimum absolute atomic E-state index is 0.116. The SMILES string of the molecule is Cc1ccc(C(C)C)cc1OCC(=O)Oc1cccc([N+](=O)[O-])c1. The van der Waals surface area contributed by atoms with Gasteiger partial charge in [0.15, 0.2) is 6.61 Å². The Bertz CT molecular complexity index is 755. The third-order valence-corrected chi connectivity index (χ3v) is 3.48. The fraction of sp³-hybridized carbons (Fsp3) is 0.278. The average molecular weight is 329 g/mol. The van der Waals surface area contributed by atoms with Crippen molar-refractivity contribution in [3.63, 3.8) is 0 Å². The average Bonchev–Trinajstić information content (AvgIpc) is 2.54. The summed E-state index contributed by atoms with van der Waals surface area (Å²) in [5.74, 6) is 0.470. The predicted molar refractivity (Wildman–Crippen MR) is 89.5 cm³/mol. The van der Waals surface area contributed by atoms with Gasteiger partial charge in [0.25, 0.3) is 5.69 Å². The summed E-state index contributed by atoms with van der Waals surface area (Å²) in [7, 11) is 0. The first-order chi connectivity index (χ1) is 11.4. The molecule has 2 aromatic rings. The van der Waals surface area contributed by atoms with E-state index in [0.717, 1.165) is 11.1 Å². The van der Waals surface area contributed by atoms with Gasteiger partial charge in [-0.05, 0) is 36.1 Å². The number of non-ortho nitro benzene ring substituents is 1. The number of hydrogen-bond donors (Lipinski definition) is 0. The molecule has 0 aromatic heterocycles. The first-order valence-corrected chi connectivity index (χ1v) is 7.55. The Hall–Kier alpha value is -2.89. The molecule has 2 rings (SSSR count). The molecule has 0 radical (unpaired) electrons. The van der Waals surface area contributed by atoms with Crippen LogP contribution in [0.4, 0.5) is 5.69 Å². The highest BCUT2D eigenvalue weighted by atomic mass is 16.6. The maximum atomic E-state index is 11.9. The molecule has 0 fully saturated rings. The Morgan fingerprint density at radius 2 is 1.96 bits per heavy atom. The zero-order chi connectivity index (χ0) is 17.7. The lowest BCUT2D eigenvalue weighted by atomic mass is 10.0. The van der Waals surface area contributed by atoms with Gasteiger partial charge < -0.3 is 9.47 Å². The zero-order valence-electron chi connectivity index (χ0n) is 13.8. The van der Waals surface area contributed by atoms with Crippen molar-refractivity contribution in [3.8, 4) is 11.5 Å². The number of nitrogens with zero attached hydrogens (tertiary/aromatic N) is 1. The molecule has 0 saturated carbocycles. The van der Waals surface area contributed by atoms with Crippen LogP contribution in [0.2, 0.25) is 0 Å². The molecule has 0 amide bonds. The summed E-state index contributed by atoms with van der Waals surface area (Å²) in [6, 6.07) is 11.3. The number of nitro benzene ring substituents is 1. The van der Waals surface area contributed by atoms with Crippen molar-refractivity contribution in [2.45, 2.75) is 26.7 Å². The van der Waals surface area contributed by atoms with Crippen molar-refractivity contribution in [3.05, 3.63) is 63.7 Å². The first-order valence-electron chi connectivity index (χ1n) is 7.55. The van der Waals surface area contributed by atoms with Gasteiger partial charge in [0.2, 0.25) is 0 Å². The predicted octanol–water partition coefficient (Wildman–Crippen LogP) is 4.01. The number of esters is 1. The molecule has 0 unspecified atom stereocenters. The summed E-state index contributed by atoms with van der Waals surface area (Å²) < 4.78 is 10.6. The molecule has 6 heteroatoms. The van der Waals surface area contributed by atoms with E-state index in [2.05, 4.69) is 13.8 Å². The molecule has 0 saturated heterocycles. The Morgan fingerprint density at radius 3 is 2.62 bits per heavy atom. The minimum atomic E-state index is -0.621. The van der Waals surface area contributed by atoms with Crippen LogP contribution in [-0.4, -0.2) is 17.5 Å². The van der Waals surface area contributed by atoms with E-state index < -0.39 is 10.9 Å². The minimum Gasteiger partial charge on any atom is -0.482 e. The highest BCUT2D eigenvalue weighted by Crippen LogP contribution is 2.24. The summed E-state index contributed by atoms with van der Waals surface area (Å²) in [5.41, 5.74) is 1.90. The second-order valence-corrected chi connectivity index (χ2v) is 5.70. The molecule has 0 heterocycles. The Balaban J connectivity index is 2.00. The van der Waals surface area contributed by atoms with Crippen molar-refractivity contribution in [1.82, 2.24) is 0 Å². The van der Waals surface area contributed by atoms with Crippen LogP contribution >= 0.6 is 0 Å². The lowest BCUT2D eigenvalue weighted by Gasteiger charge is -2.12. The van der Waals surface area contributed by atoms with Gasteiger partial charge in [0.1, 0.15) is 11.5 Å². The molecule has 0 aliphatic heterocycles. The summed E-state index contributed by atoms with van der Waals surface area (Å²) in [6.07, 6.45) is 0. The number of carbonyl (C=O) groups excluding carboxylic acids is 1. The van der Waals surface area contributed by atoms with E-state index in [0.29, 0.717) is 11.7 Å². The fourth-order valence-electron chi connectivity index (χ4n) is 2.09. The normalized spacial score (nSPS) is 10.5. The number of nitro groups is 1. The van der Waals surface area contributed by atoms with Crippen LogP contribution in [0.15, 0.2) is 42.5 Å². The molecular weight excluding hydrogens is 310 g/mol. The third kappa shape index (κ3) is 4.55. The van der Waals surface area contributed by atoms with Gasteiger partial charge in [-0.2, -0.15) is 0 Å². The number of benzene rings is 2. The molecule has 0 aliphatic rings. The standard InChI is InChI=1S/C18H19NO5/c1-12(2)14-8-7-13(3)17(9-14)23-11-18(20)24-16-6-4-5-15(10-16)19(21)22/h4-10,12H,11H2,1-3H3. The third-order valence-electron chi connectivity index (χ3n) is 3.48. The van der Waals surface area contributed by atoms with E-state index in [1.165, 1.54) is 24.3 Å². The van der Waals surface area contributed by atoms with Crippen molar-refractivity contribution >= 4 is 11.7 Å². The van der Waals surface area contributed by atoms with Crippen LogP contribution in [0.1, 0.15) is 30.9 Å². The number of aryl methyl sites for hydroxylation is 1. The highest BCUT2D eigenvalue weighted by Gasteiger charge is 2.12. The molecule has 0 atom stereocenters. The lowest BCUT2D eigenvalue weighted by molar-refractivity contribution is -0.384. The highest BCUT2D eigenvalue weighted by molar-refractivity contribution is 5.74. The Labute approximate surface area is 140 Å². The molecular formula is C18H19NO5. The second-order valence-electron chi connectivity index (χ2n) is 5.70. The van der Waals surface area contributed by atoms with Crippen LogP contribution < -0.4 is 9.47 Å². The van der Waals surface area contributed by atoms with Crippen LogP contribution in [0.3, 0.4) is 0 Å². The van der Waals surface area contributed by atoms with Crippen molar-refractivity contribution in [1.29, 1.82) is 0 Å². The number of hydrogen-bond acceptors (Lipinski definition) is 5. The van der Waals surface area contributed by atoms with Gasteiger partial charge in [0, 0.05) is 6.07 Å². The second kappa shape index (κ2) is 7.59. The number of ether oxygens (including phenoxy) is 2. The summed E-state index contributed by atoms with van der Waals surface area (Å²) >= 11 is 0. The quantitative estimate of drug-likeness (QED) is 0.346. The molecule has 0 N–H and O–H groups in total. The van der Waals surface area contributed by atoms with E-state index in [1.807, 2.05) is 25.1 Å². The van der Waals surface area contributed by atoms with Crippen molar-refractivity contribution in [2.75, 3.05) is 6.61 Å². The first kappa shape index (κ1) is 17.5. The topological polar surface area (TPSA) is 78.7 Å². The summed E-state index contributed by atoms with van der Waals surface area (Å²) in [4.78, 5) is 22.0. The van der Waals surface area contributed by atoms with E-state index in [-0.39, 0.29) is 18.0 Å². The number of carbonyl (C=O) groups is 1. The van der Waals surface area contributed by atoms with Gasteiger partial charge >= 0.3 is 5.97 Å². The van der Waals surface area contributed by atoms with E-state index in [4.69, 9.17) is 9.47 Å². The monoisotopic (exact) mass is 329 g/mol. The van der Waals surface area contributed by atoms with Gasteiger partial charge in [-0.1, -0.05) is 32.0 Å². The van der Waals surface area contributed by atoms with Gasteiger partial charge in [-0.3, -0.25) is 10.1 Å². The van der Waals surface area contributed by atoms with Crippen LogP contribution in [0, 0.1) is 17.0 Å². The molecule has 2 aromatic carbocycles. The molecule has 0 aliphatic carbocycles. The Kier molecular flexibility index (Phi) is 5.52. The Morgan fingerprint density at radius 1 is 1.21 bits per heavy atom. The maximum absolute atomic E-state index is 11.9. The van der Waals surface area contributed by atoms with Gasteiger partial charge in [0.05, 0.1) is 11.0 Å². The van der Waals surface area contributed by atoms with Crippen LogP contribution in [0.25, 0.3) is 0 Å². The summed E-state index contributed by atoms with van der Waals surface area (Å²) in [5, 5.41) is 10.7.